The summed E-state index contributed by atoms with van der Waals surface area (Å²) in [6.07, 6.45) is 3.45. The molecule has 0 atom stereocenters. The van der Waals surface area contributed by atoms with Gasteiger partial charge in [0.05, 0.1) is 17.5 Å². The SMILES string of the molecule is CSC1=NSC2=NC(=O)/C(=C\c3ccc(OC(=O)c4cccs4)cc3)C(=N)N12. The lowest BCUT2D eigenvalue weighted by atomic mass is 10.1. The van der Waals surface area contributed by atoms with E-state index in [9.17, 15) is 9.59 Å². The number of benzene rings is 1. The van der Waals surface area contributed by atoms with E-state index in [4.69, 9.17) is 10.1 Å². The van der Waals surface area contributed by atoms with Crippen molar-refractivity contribution < 1.29 is 14.3 Å². The van der Waals surface area contributed by atoms with Crippen LogP contribution in [0.25, 0.3) is 6.08 Å². The van der Waals surface area contributed by atoms with Gasteiger partial charge in [-0.3, -0.25) is 10.2 Å². The number of amides is 1. The number of hydrogen-bond acceptors (Lipinski definition) is 8. The van der Waals surface area contributed by atoms with Gasteiger partial charge in [-0.1, -0.05) is 30.0 Å². The molecule has 2 aliphatic rings. The maximum atomic E-state index is 12.3. The van der Waals surface area contributed by atoms with Crippen LogP contribution in [-0.4, -0.2) is 39.2 Å². The van der Waals surface area contributed by atoms with E-state index >= 15 is 0 Å². The molecule has 1 N–H and O–H groups in total. The zero-order valence-corrected chi connectivity index (χ0v) is 16.9. The molecule has 10 heteroatoms. The number of carbonyl (C=O) groups is 2. The topological polar surface area (TPSA) is 95.2 Å². The van der Waals surface area contributed by atoms with E-state index in [2.05, 4.69) is 9.39 Å². The van der Waals surface area contributed by atoms with Crippen molar-refractivity contribution in [1.82, 2.24) is 4.90 Å². The summed E-state index contributed by atoms with van der Waals surface area (Å²) < 4.78 is 9.53. The molecular weight excluding hydrogens is 416 g/mol. The van der Waals surface area contributed by atoms with Crippen molar-refractivity contribution in [2.24, 2.45) is 9.39 Å². The predicted molar refractivity (Wildman–Crippen MR) is 114 cm³/mol. The largest absolute Gasteiger partial charge is 0.422 e. The van der Waals surface area contributed by atoms with Crippen LogP contribution in [-0.2, 0) is 4.79 Å². The third-order valence-electron chi connectivity index (χ3n) is 3.80. The third-order valence-corrected chi connectivity index (χ3v) is 6.11. The molecule has 1 aromatic carbocycles. The molecule has 2 aromatic rings. The molecular formula is C18H12N4O3S3. The van der Waals surface area contributed by atoms with Crippen LogP contribution in [0, 0.1) is 5.41 Å². The molecule has 7 nitrogen and oxygen atoms in total. The fourth-order valence-electron chi connectivity index (χ4n) is 2.48. The number of fused-ring (bicyclic) bond motifs is 1. The molecule has 2 aliphatic heterocycles. The maximum absolute atomic E-state index is 12.3. The van der Waals surface area contributed by atoms with Gasteiger partial charge in [-0.25, -0.2) is 9.69 Å². The molecule has 1 aromatic heterocycles. The van der Waals surface area contributed by atoms with Crippen molar-refractivity contribution in [2.75, 3.05) is 6.26 Å². The first-order chi connectivity index (χ1) is 13.6. The van der Waals surface area contributed by atoms with Gasteiger partial charge in [0.2, 0.25) is 5.17 Å². The first-order valence-electron chi connectivity index (χ1n) is 7.95. The molecule has 140 valence electrons. The van der Waals surface area contributed by atoms with Crippen molar-refractivity contribution in [2.45, 2.75) is 0 Å². The van der Waals surface area contributed by atoms with E-state index in [-0.39, 0.29) is 11.4 Å². The Hall–Kier alpha value is -2.69. The van der Waals surface area contributed by atoms with E-state index in [1.807, 2.05) is 11.6 Å². The minimum atomic E-state index is -0.477. The van der Waals surface area contributed by atoms with Crippen molar-refractivity contribution in [3.63, 3.8) is 0 Å². The first kappa shape index (κ1) is 18.7. The summed E-state index contributed by atoms with van der Waals surface area (Å²) in [6.45, 7) is 0. The number of nitrogens with one attached hydrogen (secondary N) is 1. The molecule has 0 spiro atoms. The Morgan fingerprint density at radius 2 is 2.07 bits per heavy atom. The molecule has 0 unspecified atom stereocenters. The summed E-state index contributed by atoms with van der Waals surface area (Å²) in [5, 5.41) is 11.2. The number of hydrogen-bond donors (Lipinski definition) is 1. The minimum Gasteiger partial charge on any atom is -0.422 e. The fraction of sp³-hybridized carbons (Fsp3) is 0.0556. The van der Waals surface area contributed by atoms with Gasteiger partial charge in [0.25, 0.3) is 5.91 Å². The van der Waals surface area contributed by atoms with E-state index in [0.717, 1.165) is 11.9 Å². The van der Waals surface area contributed by atoms with Crippen molar-refractivity contribution in [3.8, 4) is 5.75 Å². The second kappa shape index (κ2) is 7.74. The van der Waals surface area contributed by atoms with Gasteiger partial charge in [-0.2, -0.15) is 9.39 Å². The number of amidine groups is 3. The van der Waals surface area contributed by atoms with Crippen molar-refractivity contribution in [3.05, 3.63) is 57.8 Å². The highest BCUT2D eigenvalue weighted by Gasteiger charge is 2.36. The summed E-state index contributed by atoms with van der Waals surface area (Å²) in [6, 6.07) is 10.2. The van der Waals surface area contributed by atoms with Gasteiger partial charge in [0.15, 0.2) is 5.17 Å². The second-order valence-electron chi connectivity index (χ2n) is 5.55. The number of thiophene rings is 1. The number of nitrogens with zero attached hydrogens (tertiary/aromatic N) is 3. The Kier molecular flexibility index (Phi) is 5.16. The Bertz CT molecular complexity index is 1060. The van der Waals surface area contributed by atoms with Crippen LogP contribution in [0.5, 0.6) is 5.75 Å². The van der Waals surface area contributed by atoms with Gasteiger partial charge in [-0.15, -0.1) is 11.3 Å². The van der Waals surface area contributed by atoms with Crippen LogP contribution >= 0.6 is 35.0 Å². The molecule has 4 rings (SSSR count). The van der Waals surface area contributed by atoms with Crippen LogP contribution in [0.3, 0.4) is 0 Å². The summed E-state index contributed by atoms with van der Waals surface area (Å²) in [4.78, 5) is 30.4. The Morgan fingerprint density at radius 1 is 1.29 bits per heavy atom. The Labute approximate surface area is 172 Å². The van der Waals surface area contributed by atoms with Gasteiger partial charge in [0.1, 0.15) is 16.5 Å². The third kappa shape index (κ3) is 3.53. The molecule has 0 saturated carbocycles. The summed E-state index contributed by atoms with van der Waals surface area (Å²) in [5.41, 5.74) is 0.869. The van der Waals surface area contributed by atoms with Gasteiger partial charge < -0.3 is 4.74 Å². The molecule has 0 fully saturated rings. The number of thioether (sulfide) groups is 1. The number of carbonyl (C=O) groups excluding carboxylic acids is 2. The van der Waals surface area contributed by atoms with Crippen molar-refractivity contribution >= 4 is 69.2 Å². The summed E-state index contributed by atoms with van der Waals surface area (Å²) in [5.74, 6) is -0.447. The lowest BCUT2D eigenvalue weighted by Crippen LogP contribution is -2.41. The normalized spacial score (nSPS) is 17.5. The lowest BCUT2D eigenvalue weighted by molar-refractivity contribution is -0.114. The van der Waals surface area contributed by atoms with E-state index < -0.39 is 11.9 Å². The highest BCUT2D eigenvalue weighted by Crippen LogP contribution is 2.31. The maximum Gasteiger partial charge on any atom is 0.353 e. The molecule has 0 aliphatic carbocycles. The summed E-state index contributed by atoms with van der Waals surface area (Å²) in [7, 11) is 0. The Balaban J connectivity index is 1.54. The molecule has 0 radical (unpaired) electrons. The molecule has 0 saturated heterocycles. The van der Waals surface area contributed by atoms with Crippen molar-refractivity contribution in [1.29, 1.82) is 5.41 Å². The number of rotatable bonds is 3. The molecule has 0 bridgehead atoms. The first-order valence-corrected chi connectivity index (χ1v) is 10.8. The van der Waals surface area contributed by atoms with E-state index in [1.165, 1.54) is 23.1 Å². The van der Waals surface area contributed by atoms with E-state index in [1.54, 1.807) is 47.4 Å². The molecule has 1 amide bonds. The number of aliphatic imine (C=N–C) groups is 1. The smallest absolute Gasteiger partial charge is 0.353 e. The number of ether oxygens (including phenoxy) is 1. The summed E-state index contributed by atoms with van der Waals surface area (Å²) >= 11 is 3.78. The van der Waals surface area contributed by atoms with Gasteiger partial charge >= 0.3 is 5.97 Å². The van der Waals surface area contributed by atoms with Crippen LogP contribution in [0.4, 0.5) is 0 Å². The standard InChI is InChI=1S/C18H12N4O3S3/c1-26-18-21-28-17-20-15(23)12(14(19)22(17)18)9-10-4-6-11(7-5-10)25-16(24)13-3-2-8-27-13/h2-9,19H,1H3/b12-9-,19-14?. The van der Waals surface area contributed by atoms with Crippen LogP contribution < -0.4 is 4.74 Å². The average molecular weight is 429 g/mol. The number of esters is 1. The average Bonchev–Trinajstić information content (AvgIpc) is 3.36. The van der Waals surface area contributed by atoms with Crippen LogP contribution in [0.1, 0.15) is 15.2 Å². The van der Waals surface area contributed by atoms with E-state index in [0.29, 0.717) is 26.5 Å². The minimum absolute atomic E-state index is 0.0429. The Morgan fingerprint density at radius 3 is 2.75 bits per heavy atom. The molecule has 3 heterocycles. The monoisotopic (exact) mass is 428 g/mol. The van der Waals surface area contributed by atoms with Crippen LogP contribution in [0.15, 0.2) is 56.7 Å². The van der Waals surface area contributed by atoms with Crippen LogP contribution in [0.2, 0.25) is 0 Å². The molecule has 28 heavy (non-hydrogen) atoms. The highest BCUT2D eigenvalue weighted by atomic mass is 32.2. The fourth-order valence-corrected chi connectivity index (χ4v) is 4.53. The van der Waals surface area contributed by atoms with Gasteiger partial charge in [-0.05, 0) is 41.5 Å². The highest BCUT2D eigenvalue weighted by molar-refractivity contribution is 8.18. The van der Waals surface area contributed by atoms with Gasteiger partial charge in [0, 0.05) is 0 Å². The predicted octanol–water partition coefficient (Wildman–Crippen LogP) is 3.91. The lowest BCUT2D eigenvalue weighted by Gasteiger charge is -2.23. The zero-order chi connectivity index (χ0) is 19.7. The zero-order valence-electron chi connectivity index (χ0n) is 14.4. The quantitative estimate of drug-likeness (QED) is 0.345. The second-order valence-corrected chi connectivity index (χ2v) is 8.00.